The van der Waals surface area contributed by atoms with Crippen molar-refractivity contribution in [2.75, 3.05) is 22.1 Å². The van der Waals surface area contributed by atoms with E-state index in [9.17, 15) is 14.4 Å². The van der Waals surface area contributed by atoms with E-state index in [1.807, 2.05) is 6.92 Å². The van der Waals surface area contributed by atoms with E-state index >= 15 is 0 Å². The molecule has 0 fully saturated rings. The summed E-state index contributed by atoms with van der Waals surface area (Å²) in [5.74, 6) is -0.827. The van der Waals surface area contributed by atoms with Crippen LogP contribution in [-0.4, -0.2) is 30.4 Å². The number of para-hydroxylation sites is 4. The molecule has 7 nitrogen and oxygen atoms in total. The quantitative estimate of drug-likeness (QED) is 0.553. The van der Waals surface area contributed by atoms with Crippen molar-refractivity contribution in [1.82, 2.24) is 0 Å². The number of benzene rings is 3. The van der Waals surface area contributed by atoms with Crippen molar-refractivity contribution in [3.63, 3.8) is 0 Å². The van der Waals surface area contributed by atoms with Crippen LogP contribution in [-0.2, 0) is 9.59 Å². The lowest BCUT2D eigenvalue weighted by atomic mass is 10.0. The van der Waals surface area contributed by atoms with Gasteiger partial charge in [0.1, 0.15) is 11.8 Å². The predicted molar refractivity (Wildman–Crippen MR) is 128 cm³/mol. The molecule has 1 aliphatic rings. The summed E-state index contributed by atoms with van der Waals surface area (Å²) in [5.41, 5.74) is 1.72. The molecule has 168 valence electrons. The average Bonchev–Trinajstić information content (AvgIpc) is 2.81. The largest absolute Gasteiger partial charge is 0.492 e. The molecule has 1 heterocycles. The first-order chi connectivity index (χ1) is 16.0. The zero-order valence-corrected chi connectivity index (χ0v) is 18.6. The third kappa shape index (κ3) is 4.68. The topological polar surface area (TPSA) is 87.7 Å². The number of halogens is 1. The Kier molecular flexibility index (Phi) is 6.60. The lowest BCUT2D eigenvalue weighted by Crippen LogP contribution is -2.52. The first kappa shape index (κ1) is 22.4. The average molecular weight is 464 g/mol. The predicted octanol–water partition coefficient (Wildman–Crippen LogP) is 4.74. The monoisotopic (exact) mass is 463 g/mol. The van der Waals surface area contributed by atoms with Crippen molar-refractivity contribution in [2.45, 2.75) is 19.4 Å². The molecule has 0 unspecified atom stereocenters. The maximum absolute atomic E-state index is 13.5. The molecular weight excluding hydrogens is 442 g/mol. The summed E-state index contributed by atoms with van der Waals surface area (Å²) in [6.07, 6.45) is -0.253. The van der Waals surface area contributed by atoms with E-state index in [0.717, 1.165) is 0 Å². The number of fused-ring (bicyclic) bond motifs is 1. The highest BCUT2D eigenvalue weighted by atomic mass is 35.5. The molecule has 3 aromatic carbocycles. The van der Waals surface area contributed by atoms with Gasteiger partial charge in [-0.25, -0.2) is 0 Å². The molecule has 0 saturated heterocycles. The van der Waals surface area contributed by atoms with Crippen LogP contribution in [0.5, 0.6) is 5.75 Å². The van der Waals surface area contributed by atoms with Crippen molar-refractivity contribution in [2.24, 2.45) is 0 Å². The molecule has 0 saturated carbocycles. The maximum Gasteiger partial charge on any atom is 0.260 e. The van der Waals surface area contributed by atoms with Crippen LogP contribution in [0.2, 0.25) is 5.02 Å². The van der Waals surface area contributed by atoms with Crippen LogP contribution in [0.3, 0.4) is 0 Å². The minimum Gasteiger partial charge on any atom is -0.492 e. The summed E-state index contributed by atoms with van der Waals surface area (Å²) in [7, 11) is 0. The van der Waals surface area contributed by atoms with E-state index in [1.54, 1.807) is 72.8 Å². The lowest BCUT2D eigenvalue weighted by Gasteiger charge is -2.36. The number of hydrogen-bond donors (Lipinski definition) is 2. The van der Waals surface area contributed by atoms with Crippen molar-refractivity contribution in [3.05, 3.63) is 83.4 Å². The Bertz CT molecular complexity index is 1210. The Morgan fingerprint density at radius 1 is 1.03 bits per heavy atom. The molecule has 1 aliphatic heterocycles. The van der Waals surface area contributed by atoms with Crippen LogP contribution in [0, 0.1) is 0 Å². The highest BCUT2D eigenvalue weighted by Gasteiger charge is 2.39. The SMILES string of the molecule is CCOc1ccccc1NC(=O)C[C@H]1C(=O)Nc2ccccc2N1C(=O)c1ccccc1Cl. The van der Waals surface area contributed by atoms with Crippen molar-refractivity contribution in [1.29, 1.82) is 0 Å². The molecule has 0 bridgehead atoms. The fourth-order valence-electron chi connectivity index (χ4n) is 3.72. The van der Waals surface area contributed by atoms with Gasteiger partial charge in [-0.2, -0.15) is 0 Å². The van der Waals surface area contributed by atoms with E-state index in [-0.39, 0.29) is 17.0 Å². The highest BCUT2D eigenvalue weighted by molar-refractivity contribution is 6.35. The maximum atomic E-state index is 13.5. The normalized spacial score (nSPS) is 14.8. The minimum atomic E-state index is -1.07. The first-order valence-corrected chi connectivity index (χ1v) is 10.9. The molecule has 33 heavy (non-hydrogen) atoms. The Morgan fingerprint density at radius 2 is 1.73 bits per heavy atom. The van der Waals surface area contributed by atoms with Gasteiger partial charge >= 0.3 is 0 Å². The smallest absolute Gasteiger partial charge is 0.260 e. The summed E-state index contributed by atoms with van der Waals surface area (Å²) >= 11 is 6.27. The summed E-state index contributed by atoms with van der Waals surface area (Å²) in [6.45, 7) is 2.29. The number of carbonyl (C=O) groups is 3. The second-order valence-electron chi connectivity index (χ2n) is 7.36. The van der Waals surface area contributed by atoms with E-state index in [4.69, 9.17) is 16.3 Å². The number of ether oxygens (including phenoxy) is 1. The number of hydrogen-bond acceptors (Lipinski definition) is 4. The summed E-state index contributed by atoms with van der Waals surface area (Å²) in [4.78, 5) is 40.8. The van der Waals surface area contributed by atoms with E-state index in [0.29, 0.717) is 29.4 Å². The lowest BCUT2D eigenvalue weighted by molar-refractivity contribution is -0.122. The second kappa shape index (κ2) is 9.75. The van der Waals surface area contributed by atoms with Gasteiger partial charge in [0.15, 0.2) is 0 Å². The van der Waals surface area contributed by atoms with Gasteiger partial charge in [-0.15, -0.1) is 0 Å². The Hall–Kier alpha value is -3.84. The van der Waals surface area contributed by atoms with Crippen molar-refractivity contribution >= 4 is 46.4 Å². The summed E-state index contributed by atoms with van der Waals surface area (Å²) < 4.78 is 5.55. The van der Waals surface area contributed by atoms with Crippen LogP contribution < -0.4 is 20.3 Å². The molecule has 4 rings (SSSR count). The molecule has 3 aromatic rings. The number of anilines is 3. The van der Waals surface area contributed by atoms with Gasteiger partial charge in [-0.1, -0.05) is 48.0 Å². The fraction of sp³-hybridized carbons (Fsp3) is 0.160. The molecule has 8 heteroatoms. The molecule has 1 atom stereocenters. The van der Waals surface area contributed by atoms with Crippen LogP contribution >= 0.6 is 11.6 Å². The van der Waals surface area contributed by atoms with Gasteiger partial charge in [0.25, 0.3) is 5.91 Å². The number of nitrogens with one attached hydrogen (secondary N) is 2. The van der Waals surface area contributed by atoms with Gasteiger partial charge in [0.2, 0.25) is 11.8 Å². The molecule has 3 amide bonds. The third-order valence-electron chi connectivity index (χ3n) is 5.20. The molecule has 0 aromatic heterocycles. The fourth-order valence-corrected chi connectivity index (χ4v) is 3.93. The van der Waals surface area contributed by atoms with Crippen LogP contribution in [0.4, 0.5) is 17.1 Å². The first-order valence-electron chi connectivity index (χ1n) is 10.5. The summed E-state index contributed by atoms with van der Waals surface area (Å²) in [5, 5.41) is 5.84. The van der Waals surface area contributed by atoms with E-state index in [1.165, 1.54) is 4.90 Å². The Balaban J connectivity index is 1.66. The van der Waals surface area contributed by atoms with E-state index in [2.05, 4.69) is 10.6 Å². The number of rotatable bonds is 6. The van der Waals surface area contributed by atoms with Crippen LogP contribution in [0.1, 0.15) is 23.7 Å². The molecule has 0 spiro atoms. The molecule has 0 radical (unpaired) electrons. The molecule has 2 N–H and O–H groups in total. The van der Waals surface area contributed by atoms with Crippen molar-refractivity contribution in [3.8, 4) is 5.75 Å². The van der Waals surface area contributed by atoms with Gasteiger partial charge < -0.3 is 15.4 Å². The summed E-state index contributed by atoms with van der Waals surface area (Å²) in [6, 6.07) is 19.5. The third-order valence-corrected chi connectivity index (χ3v) is 5.53. The number of nitrogens with zero attached hydrogens (tertiary/aromatic N) is 1. The number of amides is 3. The standard InChI is InChI=1S/C25H22ClN3O4/c1-2-33-22-14-8-6-12-19(22)27-23(30)15-21-24(31)28-18-11-5-7-13-20(18)29(21)25(32)16-9-3-4-10-17(16)26/h3-14,21H,2,15H2,1H3,(H,27,30)(H,28,31)/t21-/m0/s1. The zero-order valence-electron chi connectivity index (χ0n) is 17.9. The van der Waals surface area contributed by atoms with E-state index < -0.39 is 23.8 Å². The van der Waals surface area contributed by atoms with Crippen LogP contribution in [0.25, 0.3) is 0 Å². The Morgan fingerprint density at radius 3 is 2.52 bits per heavy atom. The molecular formula is C25H22ClN3O4. The second-order valence-corrected chi connectivity index (χ2v) is 7.77. The highest BCUT2D eigenvalue weighted by Crippen LogP contribution is 2.35. The van der Waals surface area contributed by atoms with Gasteiger partial charge in [0.05, 0.1) is 40.7 Å². The van der Waals surface area contributed by atoms with Gasteiger partial charge in [-0.05, 0) is 43.3 Å². The van der Waals surface area contributed by atoms with Gasteiger partial charge in [0, 0.05) is 0 Å². The number of carbonyl (C=O) groups excluding carboxylic acids is 3. The van der Waals surface area contributed by atoms with Crippen LogP contribution in [0.15, 0.2) is 72.8 Å². The Labute approximate surface area is 196 Å². The minimum absolute atomic E-state index is 0.246. The van der Waals surface area contributed by atoms with Gasteiger partial charge in [-0.3, -0.25) is 19.3 Å². The van der Waals surface area contributed by atoms with Crippen molar-refractivity contribution < 1.29 is 19.1 Å². The zero-order chi connectivity index (χ0) is 23.4. The molecule has 0 aliphatic carbocycles.